The van der Waals surface area contributed by atoms with E-state index in [9.17, 15) is 4.79 Å². The third-order valence-corrected chi connectivity index (χ3v) is 5.04. The Kier molecular flexibility index (Phi) is 7.33. The molecule has 1 amide bonds. The summed E-state index contributed by atoms with van der Waals surface area (Å²) in [6.45, 7) is 1.79. The highest BCUT2D eigenvalue weighted by atomic mass is 35.5. The van der Waals surface area contributed by atoms with E-state index in [0.717, 1.165) is 18.7 Å². The molecule has 1 fully saturated rings. The normalized spacial score (nSPS) is 15.7. The third-order valence-electron chi connectivity index (χ3n) is 4.71. The molecule has 1 unspecified atom stereocenters. The average Bonchev–Trinajstić information content (AvgIpc) is 3.14. The number of ether oxygens (including phenoxy) is 1. The van der Waals surface area contributed by atoms with Crippen LogP contribution in [0.25, 0.3) is 0 Å². The molecule has 0 aliphatic heterocycles. The van der Waals surface area contributed by atoms with Gasteiger partial charge in [-0.2, -0.15) is 4.98 Å². The molecule has 1 saturated carbocycles. The molecular weight excluding hydrogens is 391 g/mol. The number of benzene rings is 1. The number of hydrogen-bond donors (Lipinski definition) is 2. The summed E-state index contributed by atoms with van der Waals surface area (Å²) in [4.78, 5) is 17.1. The van der Waals surface area contributed by atoms with Crippen LogP contribution in [0.2, 0.25) is 5.02 Å². The molecule has 148 valence electrons. The number of nitrogens with one attached hydrogen (secondary N) is 1. The number of amides is 1. The number of hydrogen-bond acceptors (Lipinski definition) is 6. The van der Waals surface area contributed by atoms with Gasteiger partial charge in [0, 0.05) is 12.0 Å². The zero-order chi connectivity index (χ0) is 18.7. The van der Waals surface area contributed by atoms with Gasteiger partial charge in [0.25, 0.3) is 5.91 Å². The lowest BCUT2D eigenvalue weighted by Gasteiger charge is -2.17. The van der Waals surface area contributed by atoms with Crippen LogP contribution in [-0.4, -0.2) is 23.2 Å². The van der Waals surface area contributed by atoms with Gasteiger partial charge in [0.15, 0.2) is 5.82 Å². The zero-order valence-corrected chi connectivity index (χ0v) is 16.9. The van der Waals surface area contributed by atoms with E-state index in [1.165, 1.54) is 38.5 Å². The van der Waals surface area contributed by atoms with Crippen LogP contribution in [0.3, 0.4) is 0 Å². The fourth-order valence-electron chi connectivity index (χ4n) is 3.20. The van der Waals surface area contributed by atoms with Crippen molar-refractivity contribution >= 4 is 35.6 Å². The first kappa shape index (κ1) is 21.3. The first-order valence-electron chi connectivity index (χ1n) is 8.77. The summed E-state index contributed by atoms with van der Waals surface area (Å²) in [5.74, 6) is 1.46. The second kappa shape index (κ2) is 9.28. The van der Waals surface area contributed by atoms with Crippen molar-refractivity contribution in [1.82, 2.24) is 15.5 Å². The van der Waals surface area contributed by atoms with Gasteiger partial charge in [-0.05, 0) is 25.8 Å². The van der Waals surface area contributed by atoms with Gasteiger partial charge in [0.2, 0.25) is 5.89 Å². The van der Waals surface area contributed by atoms with Crippen molar-refractivity contribution in [1.29, 1.82) is 0 Å². The zero-order valence-electron chi connectivity index (χ0n) is 15.3. The number of methoxy groups -OCH3 is 1. The highest BCUT2D eigenvalue weighted by Gasteiger charge is 2.24. The molecule has 0 saturated heterocycles. The molecule has 1 heterocycles. The van der Waals surface area contributed by atoms with Gasteiger partial charge in [-0.1, -0.05) is 36.0 Å². The van der Waals surface area contributed by atoms with Gasteiger partial charge in [0.1, 0.15) is 11.8 Å². The van der Waals surface area contributed by atoms with E-state index in [1.807, 2.05) is 0 Å². The van der Waals surface area contributed by atoms with Gasteiger partial charge < -0.3 is 20.3 Å². The van der Waals surface area contributed by atoms with Gasteiger partial charge in [0.05, 0.1) is 23.4 Å². The molecule has 1 aromatic heterocycles. The number of nitrogens with two attached hydrogens (primary N) is 1. The molecule has 27 heavy (non-hydrogen) atoms. The lowest BCUT2D eigenvalue weighted by molar-refractivity contribution is 0.0929. The topological polar surface area (TPSA) is 103 Å². The fourth-order valence-corrected chi connectivity index (χ4v) is 3.36. The van der Waals surface area contributed by atoms with E-state index >= 15 is 0 Å². The second-order valence-electron chi connectivity index (χ2n) is 6.59. The number of rotatable bonds is 5. The van der Waals surface area contributed by atoms with Crippen molar-refractivity contribution < 1.29 is 14.1 Å². The number of carbonyl (C=O) groups is 1. The SMILES string of the molecule is COc1cc(N)c(Cl)cc1C(=O)NC(C)c1nc(C2CCCCC2)no1.Cl. The predicted molar refractivity (Wildman–Crippen MR) is 106 cm³/mol. The summed E-state index contributed by atoms with van der Waals surface area (Å²) in [6.07, 6.45) is 5.82. The van der Waals surface area contributed by atoms with Crippen molar-refractivity contribution in [2.75, 3.05) is 12.8 Å². The first-order chi connectivity index (χ1) is 12.5. The first-order valence-corrected chi connectivity index (χ1v) is 9.14. The highest BCUT2D eigenvalue weighted by Crippen LogP contribution is 2.32. The third kappa shape index (κ3) is 4.84. The number of halogens is 2. The number of nitrogens with zero attached hydrogens (tertiary/aromatic N) is 2. The van der Waals surface area contributed by atoms with Crippen LogP contribution in [-0.2, 0) is 0 Å². The molecule has 2 aromatic rings. The molecule has 1 aliphatic rings. The summed E-state index contributed by atoms with van der Waals surface area (Å²) in [5.41, 5.74) is 6.40. The maximum atomic E-state index is 12.6. The predicted octanol–water partition coefficient (Wildman–Crippen LogP) is 4.27. The summed E-state index contributed by atoms with van der Waals surface area (Å²) < 4.78 is 10.6. The average molecular weight is 415 g/mol. The van der Waals surface area contributed by atoms with Crippen LogP contribution in [0, 0.1) is 0 Å². The van der Waals surface area contributed by atoms with Gasteiger partial charge in [-0.25, -0.2) is 0 Å². The summed E-state index contributed by atoms with van der Waals surface area (Å²) in [7, 11) is 1.47. The standard InChI is InChI=1S/C18H23ClN4O3.ClH/c1-10(18-22-16(23-26-18)11-6-4-3-5-7-11)21-17(24)12-8-13(19)14(20)9-15(12)25-2;/h8-11H,3-7,20H2,1-2H3,(H,21,24);1H. The van der Waals surface area contributed by atoms with Gasteiger partial charge >= 0.3 is 0 Å². The lowest BCUT2D eigenvalue weighted by Crippen LogP contribution is -2.27. The van der Waals surface area contributed by atoms with Crippen molar-refractivity contribution in [2.45, 2.75) is 51.0 Å². The van der Waals surface area contributed by atoms with Crippen molar-refractivity contribution in [3.05, 3.63) is 34.4 Å². The Labute approximate surface area is 169 Å². The van der Waals surface area contributed by atoms with Crippen LogP contribution in [0.4, 0.5) is 5.69 Å². The summed E-state index contributed by atoms with van der Waals surface area (Å²) in [6, 6.07) is 2.57. The second-order valence-corrected chi connectivity index (χ2v) is 7.00. The minimum absolute atomic E-state index is 0. The van der Waals surface area contributed by atoms with Crippen molar-refractivity contribution in [2.24, 2.45) is 0 Å². The van der Waals surface area contributed by atoms with Crippen LogP contribution in [0.5, 0.6) is 5.75 Å². The quantitative estimate of drug-likeness (QED) is 0.707. The highest BCUT2D eigenvalue weighted by molar-refractivity contribution is 6.33. The molecule has 0 spiro atoms. The minimum atomic E-state index is -0.437. The molecule has 3 N–H and O–H groups in total. The van der Waals surface area contributed by atoms with Crippen molar-refractivity contribution in [3.8, 4) is 5.75 Å². The maximum Gasteiger partial charge on any atom is 0.255 e. The van der Waals surface area contributed by atoms with Crippen LogP contribution in [0.15, 0.2) is 16.7 Å². The van der Waals surface area contributed by atoms with E-state index in [2.05, 4.69) is 15.5 Å². The summed E-state index contributed by atoms with van der Waals surface area (Å²) in [5, 5.41) is 7.23. The smallest absolute Gasteiger partial charge is 0.255 e. The van der Waals surface area contributed by atoms with Gasteiger partial charge in [-0.3, -0.25) is 4.79 Å². The Hall–Kier alpha value is -1.99. The number of anilines is 1. The Morgan fingerprint density at radius 1 is 1.37 bits per heavy atom. The molecule has 1 aromatic carbocycles. The van der Waals surface area contributed by atoms with E-state index in [-0.39, 0.29) is 18.3 Å². The van der Waals surface area contributed by atoms with Crippen LogP contribution < -0.4 is 15.8 Å². The monoisotopic (exact) mass is 414 g/mol. The maximum absolute atomic E-state index is 12.6. The Morgan fingerprint density at radius 2 is 2.07 bits per heavy atom. The Bertz CT molecular complexity index is 791. The number of aromatic nitrogens is 2. The van der Waals surface area contributed by atoms with E-state index in [4.69, 9.17) is 26.6 Å². The largest absolute Gasteiger partial charge is 0.496 e. The molecule has 7 nitrogen and oxygen atoms in total. The molecule has 1 aliphatic carbocycles. The Morgan fingerprint density at radius 3 is 2.74 bits per heavy atom. The Balaban J connectivity index is 0.00000261. The van der Waals surface area contributed by atoms with E-state index in [1.54, 1.807) is 6.92 Å². The molecule has 0 radical (unpaired) electrons. The van der Waals surface area contributed by atoms with Crippen LogP contribution in [0.1, 0.15) is 73.1 Å². The fraction of sp³-hybridized carbons (Fsp3) is 0.500. The van der Waals surface area contributed by atoms with E-state index in [0.29, 0.717) is 33.8 Å². The van der Waals surface area contributed by atoms with Crippen molar-refractivity contribution in [3.63, 3.8) is 0 Å². The molecular formula is C18H24Cl2N4O3. The van der Waals surface area contributed by atoms with E-state index < -0.39 is 6.04 Å². The molecule has 0 bridgehead atoms. The number of carbonyl (C=O) groups excluding carboxylic acids is 1. The number of nitrogen functional groups attached to an aromatic ring is 1. The van der Waals surface area contributed by atoms with Crippen LogP contribution >= 0.6 is 24.0 Å². The molecule has 3 rings (SSSR count). The minimum Gasteiger partial charge on any atom is -0.496 e. The summed E-state index contributed by atoms with van der Waals surface area (Å²) >= 11 is 6.03. The molecule has 9 heteroatoms. The van der Waals surface area contributed by atoms with Gasteiger partial charge in [-0.15, -0.1) is 12.4 Å². The lowest BCUT2D eigenvalue weighted by atomic mass is 9.89. The molecule has 1 atom stereocenters.